The molecule has 192 valence electrons. The largest absolute Gasteiger partial charge is 0.463 e. The minimum Gasteiger partial charge on any atom is -0.463 e. The van der Waals surface area contributed by atoms with E-state index in [4.69, 9.17) is 14.9 Å². The van der Waals surface area contributed by atoms with Crippen LogP contribution in [0.3, 0.4) is 0 Å². The molecule has 6 N–H and O–H groups in total. The molecule has 0 bridgehead atoms. The Kier molecular flexibility index (Phi) is 21.5. The van der Waals surface area contributed by atoms with Gasteiger partial charge in [0.25, 0.3) is 0 Å². The maximum absolute atomic E-state index is 11.7. The van der Waals surface area contributed by atoms with Gasteiger partial charge in [0.1, 0.15) is 31.0 Å². The lowest BCUT2D eigenvalue weighted by molar-refractivity contribution is -0.156. The average molecular weight is 465 g/mol. The number of rotatable bonds is 23. The van der Waals surface area contributed by atoms with Gasteiger partial charge >= 0.3 is 5.97 Å². The summed E-state index contributed by atoms with van der Waals surface area (Å²) in [5, 5.41) is 55.6. The van der Waals surface area contributed by atoms with Crippen LogP contribution in [0.5, 0.6) is 0 Å². The fourth-order valence-electron chi connectivity index (χ4n) is 3.59. The lowest BCUT2D eigenvalue weighted by atomic mass is 10.0. The summed E-state index contributed by atoms with van der Waals surface area (Å²) < 4.78 is 4.90. The Morgan fingerprint density at radius 3 is 1.34 bits per heavy atom. The van der Waals surface area contributed by atoms with Crippen molar-refractivity contribution < 1.29 is 40.2 Å². The maximum atomic E-state index is 11.7. The van der Waals surface area contributed by atoms with Crippen molar-refractivity contribution in [3.05, 3.63) is 0 Å². The van der Waals surface area contributed by atoms with Crippen LogP contribution < -0.4 is 0 Å². The fourth-order valence-corrected chi connectivity index (χ4v) is 3.59. The number of esters is 1. The van der Waals surface area contributed by atoms with Gasteiger partial charge in [0.2, 0.25) is 0 Å². The van der Waals surface area contributed by atoms with Crippen LogP contribution in [0.15, 0.2) is 0 Å². The maximum Gasteiger partial charge on any atom is 0.305 e. The van der Waals surface area contributed by atoms with Gasteiger partial charge in [-0.25, -0.2) is 0 Å². The molecule has 0 aliphatic carbocycles. The molecule has 0 radical (unpaired) electrons. The van der Waals surface area contributed by atoms with Gasteiger partial charge in [-0.1, -0.05) is 83.5 Å². The standard InChI is InChI=1S/C24H48O8/c25-17-15-13-11-9-7-5-3-1-2-4-6-8-10-12-14-16-22(29)32-19-21(28)24(31)23(30)20(27)18-26/h20-21,23-28,30-31H,1-19H2/t20-,21+,23-,24-/m1/s1. The molecule has 0 saturated heterocycles. The smallest absolute Gasteiger partial charge is 0.305 e. The van der Waals surface area contributed by atoms with Crippen LogP contribution in [0, 0.1) is 0 Å². The summed E-state index contributed by atoms with van der Waals surface area (Å²) in [4.78, 5) is 11.7. The van der Waals surface area contributed by atoms with Crippen molar-refractivity contribution in [1.29, 1.82) is 0 Å². The Bertz CT molecular complexity index is 421. The first-order chi connectivity index (χ1) is 15.4. The van der Waals surface area contributed by atoms with Crippen LogP contribution >= 0.6 is 0 Å². The van der Waals surface area contributed by atoms with Crippen molar-refractivity contribution in [1.82, 2.24) is 0 Å². The lowest BCUT2D eigenvalue weighted by Gasteiger charge is -2.25. The third-order valence-electron chi connectivity index (χ3n) is 5.78. The number of aliphatic hydroxyl groups excluding tert-OH is 6. The first-order valence-electron chi connectivity index (χ1n) is 12.5. The first-order valence-corrected chi connectivity index (χ1v) is 12.5. The zero-order chi connectivity index (χ0) is 24.0. The molecular formula is C24H48O8. The second-order valence-corrected chi connectivity index (χ2v) is 8.76. The van der Waals surface area contributed by atoms with E-state index in [0.29, 0.717) is 13.0 Å². The van der Waals surface area contributed by atoms with Crippen molar-refractivity contribution in [2.24, 2.45) is 0 Å². The highest BCUT2D eigenvalue weighted by Gasteiger charge is 2.30. The summed E-state index contributed by atoms with van der Waals surface area (Å²) in [6.07, 6.45) is 11.2. The predicted molar refractivity (Wildman–Crippen MR) is 123 cm³/mol. The quantitative estimate of drug-likeness (QED) is 0.0996. The highest BCUT2D eigenvalue weighted by Crippen LogP contribution is 2.14. The molecule has 0 aliphatic rings. The van der Waals surface area contributed by atoms with Crippen molar-refractivity contribution in [3.8, 4) is 0 Å². The van der Waals surface area contributed by atoms with E-state index >= 15 is 0 Å². The Hall–Kier alpha value is -0.770. The number of hydrogen-bond donors (Lipinski definition) is 6. The number of hydrogen-bond acceptors (Lipinski definition) is 8. The van der Waals surface area contributed by atoms with E-state index in [2.05, 4.69) is 0 Å². The molecule has 8 nitrogen and oxygen atoms in total. The molecule has 0 aromatic rings. The first kappa shape index (κ1) is 31.2. The van der Waals surface area contributed by atoms with Crippen LogP contribution in [0.4, 0.5) is 0 Å². The molecule has 8 heteroatoms. The van der Waals surface area contributed by atoms with E-state index in [9.17, 15) is 25.2 Å². The third kappa shape index (κ3) is 17.7. The molecule has 4 atom stereocenters. The topological polar surface area (TPSA) is 148 Å². The van der Waals surface area contributed by atoms with Gasteiger partial charge in [-0.05, 0) is 12.8 Å². The summed E-state index contributed by atoms with van der Waals surface area (Å²) >= 11 is 0. The van der Waals surface area contributed by atoms with Crippen molar-refractivity contribution in [2.75, 3.05) is 19.8 Å². The molecule has 0 unspecified atom stereocenters. The second kappa shape index (κ2) is 22.0. The van der Waals surface area contributed by atoms with Gasteiger partial charge < -0.3 is 35.4 Å². The summed E-state index contributed by atoms with van der Waals surface area (Å²) in [5.41, 5.74) is 0. The normalized spacial score (nSPS) is 15.3. The monoisotopic (exact) mass is 464 g/mol. The van der Waals surface area contributed by atoms with E-state index in [-0.39, 0.29) is 6.42 Å². The zero-order valence-corrected chi connectivity index (χ0v) is 19.7. The van der Waals surface area contributed by atoms with Crippen LogP contribution in [-0.4, -0.2) is 80.8 Å². The van der Waals surface area contributed by atoms with Crippen molar-refractivity contribution in [2.45, 2.75) is 127 Å². The van der Waals surface area contributed by atoms with E-state index in [1.807, 2.05) is 0 Å². The third-order valence-corrected chi connectivity index (χ3v) is 5.78. The Morgan fingerprint density at radius 1 is 0.562 bits per heavy atom. The van der Waals surface area contributed by atoms with Crippen molar-refractivity contribution >= 4 is 5.97 Å². The Labute approximate surface area is 193 Å². The molecule has 0 saturated carbocycles. The molecule has 0 heterocycles. The number of aliphatic hydroxyl groups is 6. The van der Waals surface area contributed by atoms with E-state index < -0.39 is 43.6 Å². The van der Waals surface area contributed by atoms with Crippen LogP contribution in [0.25, 0.3) is 0 Å². The minimum absolute atomic E-state index is 0.241. The SMILES string of the molecule is O=C(CCCCCCCCCCCCCCCCCO)OC[C@H](O)[C@@H](O)[C@H](O)[C@H](O)CO. The number of ether oxygens (including phenoxy) is 1. The summed E-state index contributed by atoms with van der Waals surface area (Å²) in [6, 6.07) is 0. The highest BCUT2D eigenvalue weighted by molar-refractivity contribution is 5.69. The molecule has 0 rings (SSSR count). The predicted octanol–water partition coefficient (Wildman–Crippen LogP) is 2.20. The van der Waals surface area contributed by atoms with Gasteiger partial charge in [-0.15, -0.1) is 0 Å². The summed E-state index contributed by atoms with van der Waals surface area (Å²) in [5.74, 6) is -0.471. The average Bonchev–Trinajstić information content (AvgIpc) is 2.80. The van der Waals surface area contributed by atoms with Gasteiger partial charge in [0, 0.05) is 13.0 Å². The summed E-state index contributed by atoms with van der Waals surface area (Å²) in [7, 11) is 0. The molecule has 0 amide bonds. The minimum atomic E-state index is -1.72. The van der Waals surface area contributed by atoms with Crippen LogP contribution in [0.2, 0.25) is 0 Å². The highest BCUT2D eigenvalue weighted by atomic mass is 16.5. The zero-order valence-electron chi connectivity index (χ0n) is 19.7. The molecule has 0 aliphatic heterocycles. The van der Waals surface area contributed by atoms with E-state index in [1.165, 1.54) is 57.8 Å². The molecule has 0 spiro atoms. The van der Waals surface area contributed by atoms with Gasteiger partial charge in [-0.3, -0.25) is 4.79 Å². The number of carbonyl (C=O) groups is 1. The van der Waals surface area contributed by atoms with Gasteiger partial charge in [0.15, 0.2) is 0 Å². The fraction of sp³-hybridized carbons (Fsp3) is 0.958. The van der Waals surface area contributed by atoms with Gasteiger partial charge in [0.05, 0.1) is 6.61 Å². The van der Waals surface area contributed by atoms with Crippen LogP contribution in [0.1, 0.15) is 103 Å². The Morgan fingerprint density at radius 2 is 0.938 bits per heavy atom. The van der Waals surface area contributed by atoms with Gasteiger partial charge in [-0.2, -0.15) is 0 Å². The molecule has 0 aromatic carbocycles. The molecule has 0 fully saturated rings. The second-order valence-electron chi connectivity index (χ2n) is 8.76. The van der Waals surface area contributed by atoms with Crippen LogP contribution in [-0.2, 0) is 9.53 Å². The number of unbranched alkanes of at least 4 members (excludes halogenated alkanes) is 14. The lowest BCUT2D eigenvalue weighted by Crippen LogP contribution is -2.47. The molecular weight excluding hydrogens is 416 g/mol. The summed E-state index contributed by atoms with van der Waals surface area (Å²) in [6.45, 7) is -0.910. The number of carbonyl (C=O) groups excluding carboxylic acids is 1. The molecule has 32 heavy (non-hydrogen) atoms. The van der Waals surface area contributed by atoms with E-state index in [1.54, 1.807) is 0 Å². The Balaban J connectivity index is 3.44. The van der Waals surface area contributed by atoms with Crippen molar-refractivity contribution in [3.63, 3.8) is 0 Å². The van der Waals surface area contributed by atoms with E-state index in [0.717, 1.165) is 32.1 Å². The molecule has 0 aromatic heterocycles.